The van der Waals surface area contributed by atoms with Crippen LogP contribution in [0.15, 0.2) is 11.8 Å². The van der Waals surface area contributed by atoms with Gasteiger partial charge in [0, 0.05) is 13.5 Å². The third-order valence-electron chi connectivity index (χ3n) is 8.12. The summed E-state index contributed by atoms with van der Waals surface area (Å²) >= 11 is 0. The first-order valence-electron chi connectivity index (χ1n) is 17.3. The van der Waals surface area contributed by atoms with Crippen molar-refractivity contribution in [3.05, 3.63) is 11.8 Å². The molecule has 0 aromatic heterocycles. The predicted molar refractivity (Wildman–Crippen MR) is 182 cm³/mol. The number of hydrogen-bond donors (Lipinski definition) is 6. The Hall–Kier alpha value is -2.93. The zero-order valence-electron chi connectivity index (χ0n) is 31.8. The van der Waals surface area contributed by atoms with Gasteiger partial charge < -0.3 is 69.7 Å². The molecule has 2 fully saturated rings. The summed E-state index contributed by atoms with van der Waals surface area (Å²) in [6.45, 7) is 16.3. The second-order valence-corrected chi connectivity index (χ2v) is 16.5. The van der Waals surface area contributed by atoms with Crippen molar-refractivity contribution in [1.29, 1.82) is 0 Å². The topological polar surface area (TPSA) is 230 Å². The second-order valence-electron chi connectivity index (χ2n) is 16.5. The fourth-order valence-corrected chi connectivity index (χ4v) is 6.13. The molecule has 7 N–H and O–H groups in total. The molecule has 1 saturated heterocycles. The lowest BCUT2D eigenvalue weighted by Gasteiger charge is -2.50. The number of aliphatic hydroxyl groups is 3. The van der Waals surface area contributed by atoms with Crippen LogP contribution in [0.3, 0.4) is 0 Å². The van der Waals surface area contributed by atoms with Crippen LogP contribution in [0.1, 0.15) is 88.5 Å². The summed E-state index contributed by atoms with van der Waals surface area (Å²) in [5, 5.41) is 40.3. The first-order chi connectivity index (χ1) is 23.3. The van der Waals surface area contributed by atoms with Crippen molar-refractivity contribution in [2.75, 3.05) is 20.2 Å². The van der Waals surface area contributed by atoms with Gasteiger partial charge >= 0.3 is 18.3 Å². The zero-order valence-corrected chi connectivity index (χ0v) is 31.8. The summed E-state index contributed by atoms with van der Waals surface area (Å²) in [4.78, 5) is 40.2. The van der Waals surface area contributed by atoms with E-state index in [0.29, 0.717) is 18.6 Å². The molecule has 2 heterocycles. The highest BCUT2D eigenvalue weighted by Gasteiger charge is 2.54. The molecule has 3 rings (SSSR count). The summed E-state index contributed by atoms with van der Waals surface area (Å²) < 4.78 is 40.7. The number of hydrogen-bond acceptors (Lipinski definition) is 14. The van der Waals surface area contributed by atoms with Gasteiger partial charge in [-0.2, -0.15) is 0 Å². The van der Waals surface area contributed by atoms with Gasteiger partial charge in [0.15, 0.2) is 12.6 Å². The summed E-state index contributed by atoms with van der Waals surface area (Å²) in [7, 11) is 1.37. The Labute approximate surface area is 300 Å². The van der Waals surface area contributed by atoms with E-state index in [-0.39, 0.29) is 19.6 Å². The van der Waals surface area contributed by atoms with Crippen LogP contribution in [0, 0.1) is 0 Å². The van der Waals surface area contributed by atoms with Crippen molar-refractivity contribution in [3.63, 3.8) is 0 Å². The van der Waals surface area contributed by atoms with Gasteiger partial charge in [0.05, 0.1) is 31.3 Å². The number of nitrogens with zero attached hydrogens (tertiary/aromatic N) is 1. The van der Waals surface area contributed by atoms with Crippen LogP contribution in [0.25, 0.3) is 0 Å². The third kappa shape index (κ3) is 12.3. The molecule has 0 unspecified atom stereocenters. The van der Waals surface area contributed by atoms with Crippen molar-refractivity contribution in [2.45, 2.75) is 166 Å². The lowest BCUT2D eigenvalue weighted by atomic mass is 9.83. The molecule has 0 bridgehead atoms. The maximum atomic E-state index is 13.1. The van der Waals surface area contributed by atoms with Gasteiger partial charge in [-0.3, -0.25) is 0 Å². The quantitative estimate of drug-likeness (QED) is 0.196. The Morgan fingerprint density at radius 1 is 0.902 bits per heavy atom. The number of carbonyl (C=O) groups excluding carboxylic acids is 3. The van der Waals surface area contributed by atoms with Crippen LogP contribution in [-0.4, -0.2) is 136 Å². The van der Waals surface area contributed by atoms with Crippen molar-refractivity contribution in [2.24, 2.45) is 5.73 Å². The average molecular weight is 733 g/mol. The van der Waals surface area contributed by atoms with E-state index in [1.165, 1.54) is 14.0 Å². The molecule has 1 saturated carbocycles. The summed E-state index contributed by atoms with van der Waals surface area (Å²) in [5.74, 6) is 0.497. The number of ether oxygens (including phenoxy) is 7. The fourth-order valence-electron chi connectivity index (χ4n) is 6.13. The summed E-state index contributed by atoms with van der Waals surface area (Å²) in [6, 6.07) is -3.31. The molecule has 0 radical (unpaired) electrons. The lowest BCUT2D eigenvalue weighted by molar-refractivity contribution is -0.310. The predicted octanol–water partition coefficient (Wildman–Crippen LogP) is 1.99. The maximum absolute atomic E-state index is 13.1. The Kier molecular flexibility index (Phi) is 13.7. The molecular weight excluding hydrogens is 672 g/mol. The fraction of sp³-hybridized carbons (Fsp3) is 0.853. The monoisotopic (exact) mass is 732 g/mol. The number of nitrogens with two attached hydrogens (primary N) is 1. The number of nitrogens with one attached hydrogen (secondary N) is 2. The molecule has 0 spiro atoms. The highest BCUT2D eigenvalue weighted by atomic mass is 16.7. The van der Waals surface area contributed by atoms with Gasteiger partial charge in [-0.1, -0.05) is 0 Å². The SMILES string of the molecule is CN(C(=O)OC(C)(C)C)[C@@H]1[C@@H](O)[C@@H](O[C@@H]2[C@@H](O)[C@H](O[C@@H]3CCC=C(CN)O3)[C@@H](NC(=O)OC(C)(C)C)C[C@H]2NC(=O)OC(C)(C)C)OC[C@]1(C)O. The van der Waals surface area contributed by atoms with Crippen molar-refractivity contribution in [1.82, 2.24) is 15.5 Å². The number of aliphatic hydroxyl groups excluding tert-OH is 2. The number of carbonyl (C=O) groups is 3. The van der Waals surface area contributed by atoms with Gasteiger partial charge in [0.2, 0.25) is 0 Å². The minimum atomic E-state index is -1.75. The van der Waals surface area contributed by atoms with E-state index in [9.17, 15) is 29.7 Å². The molecule has 2 aliphatic heterocycles. The molecule has 3 aliphatic rings. The standard InChI is InChI=1S/C34H60N4O13/c1-31(2,3)49-28(41)36-19-15-20(37-29(42)50-32(4,5)6)25(22(39)24(19)47-21-14-12-13-18(16-35)46-21)48-27-23(40)26(34(10,44)17-45-27)38(11)30(43)51-33(7,8)9/h13,19-27,39-40,44H,12,14-17,35H2,1-11H3,(H,36,41)(H,37,42)/t19-,20+,21+,22-,23+,24+,25-,26+,27+,34-/m0/s1. The Bertz CT molecular complexity index is 1240. The summed E-state index contributed by atoms with van der Waals surface area (Å²) in [6.07, 6.45) is -7.90. The van der Waals surface area contributed by atoms with Gasteiger partial charge in [-0.15, -0.1) is 0 Å². The first kappa shape index (κ1) is 42.5. The molecule has 294 valence electrons. The smallest absolute Gasteiger partial charge is 0.410 e. The molecule has 0 aromatic rings. The second kappa shape index (κ2) is 16.4. The average Bonchev–Trinajstić information content (AvgIpc) is 2.95. The van der Waals surface area contributed by atoms with E-state index in [0.717, 1.165) is 4.90 Å². The molecule has 51 heavy (non-hydrogen) atoms. The minimum absolute atomic E-state index is 0.0705. The minimum Gasteiger partial charge on any atom is -0.468 e. The van der Waals surface area contributed by atoms with E-state index >= 15 is 0 Å². The molecule has 3 amide bonds. The van der Waals surface area contributed by atoms with Gasteiger partial charge in [0.1, 0.15) is 52.6 Å². The molecule has 1 aliphatic carbocycles. The van der Waals surface area contributed by atoms with Crippen LogP contribution in [0.5, 0.6) is 0 Å². The van der Waals surface area contributed by atoms with E-state index in [4.69, 9.17) is 38.9 Å². The maximum Gasteiger partial charge on any atom is 0.410 e. The van der Waals surface area contributed by atoms with Crippen molar-refractivity contribution < 1.29 is 62.9 Å². The number of allylic oxidation sites excluding steroid dienone is 1. The van der Waals surface area contributed by atoms with Crippen LogP contribution < -0.4 is 16.4 Å². The Balaban J connectivity index is 1.98. The number of alkyl carbamates (subject to hydrolysis) is 2. The molecule has 17 heteroatoms. The van der Waals surface area contributed by atoms with Crippen LogP contribution in [0.4, 0.5) is 14.4 Å². The molecule has 0 aromatic carbocycles. The van der Waals surface area contributed by atoms with Gasteiger partial charge in [-0.25, -0.2) is 14.4 Å². The van der Waals surface area contributed by atoms with E-state index in [1.54, 1.807) is 62.3 Å². The van der Waals surface area contributed by atoms with Crippen LogP contribution in [0.2, 0.25) is 0 Å². The third-order valence-corrected chi connectivity index (χ3v) is 8.12. The van der Waals surface area contributed by atoms with Crippen LogP contribution in [-0.2, 0) is 33.2 Å². The highest BCUT2D eigenvalue weighted by Crippen LogP contribution is 2.34. The van der Waals surface area contributed by atoms with Gasteiger partial charge in [0.25, 0.3) is 0 Å². The van der Waals surface area contributed by atoms with Crippen molar-refractivity contribution in [3.8, 4) is 0 Å². The number of rotatable bonds is 8. The largest absolute Gasteiger partial charge is 0.468 e. The lowest BCUT2D eigenvalue weighted by Crippen LogP contribution is -2.70. The molecular formula is C34H60N4O13. The van der Waals surface area contributed by atoms with Crippen LogP contribution >= 0.6 is 0 Å². The summed E-state index contributed by atoms with van der Waals surface area (Å²) in [5.41, 5.74) is 1.46. The zero-order chi connectivity index (χ0) is 38.7. The highest BCUT2D eigenvalue weighted by molar-refractivity contribution is 5.69. The Morgan fingerprint density at radius 2 is 1.41 bits per heavy atom. The van der Waals surface area contributed by atoms with E-state index in [1.807, 2.05) is 6.08 Å². The van der Waals surface area contributed by atoms with Crippen molar-refractivity contribution >= 4 is 18.3 Å². The number of likely N-dealkylation sites (N-methyl/N-ethyl adjacent to an activating group) is 1. The molecule has 17 nitrogen and oxygen atoms in total. The Morgan fingerprint density at radius 3 is 1.90 bits per heavy atom. The van der Waals surface area contributed by atoms with E-state index in [2.05, 4.69) is 10.6 Å². The van der Waals surface area contributed by atoms with Gasteiger partial charge in [-0.05, 0) is 88.2 Å². The van der Waals surface area contributed by atoms with E-state index < -0.39 is 95.8 Å². The molecule has 10 atom stereocenters. The first-order valence-corrected chi connectivity index (χ1v) is 17.3. The number of amides is 3. The normalized spacial score (nSPS) is 33.2.